The Morgan fingerprint density at radius 3 is 2.69 bits per heavy atom. The van der Waals surface area contributed by atoms with E-state index in [1.165, 1.54) is 6.92 Å². The summed E-state index contributed by atoms with van der Waals surface area (Å²) in [7, 11) is 0. The quantitative estimate of drug-likeness (QED) is 0.614. The van der Waals surface area contributed by atoms with Crippen molar-refractivity contribution >= 4 is 17.4 Å². The van der Waals surface area contributed by atoms with Crippen LogP contribution in [0.3, 0.4) is 0 Å². The smallest absolute Gasteiger partial charge is 0.179 e. The number of hydrogen-bond donors (Lipinski definition) is 0. The zero-order valence-electron chi connectivity index (χ0n) is 14.6. The summed E-state index contributed by atoms with van der Waals surface area (Å²) in [4.78, 5) is 11.4. The zero-order chi connectivity index (χ0) is 18.7. The third-order valence-corrected chi connectivity index (χ3v) is 4.55. The van der Waals surface area contributed by atoms with E-state index in [-0.39, 0.29) is 11.8 Å². The van der Waals surface area contributed by atoms with Gasteiger partial charge in [0.15, 0.2) is 5.78 Å². The van der Waals surface area contributed by atoms with Crippen molar-refractivity contribution in [3.05, 3.63) is 59.0 Å². The maximum absolute atomic E-state index is 11.4. The molecule has 7 heteroatoms. The van der Waals surface area contributed by atoms with Gasteiger partial charge in [-0.05, 0) is 30.7 Å². The summed E-state index contributed by atoms with van der Waals surface area (Å²) in [5, 5.41) is 18.3. The molecule has 0 spiro atoms. The lowest BCUT2D eigenvalue weighted by molar-refractivity contribution is 0.101. The van der Waals surface area contributed by atoms with Gasteiger partial charge in [-0.1, -0.05) is 24.6 Å². The molecule has 0 amide bonds. The molecule has 1 atom stereocenters. The van der Waals surface area contributed by atoms with Gasteiger partial charge in [-0.2, -0.15) is 15.5 Å². The monoisotopic (exact) mass is 367 g/mol. The van der Waals surface area contributed by atoms with Gasteiger partial charge in [0.2, 0.25) is 0 Å². The van der Waals surface area contributed by atoms with E-state index in [0.29, 0.717) is 22.8 Å². The van der Waals surface area contributed by atoms with E-state index in [9.17, 15) is 4.79 Å². The fourth-order valence-corrected chi connectivity index (χ4v) is 2.95. The number of hydrogen-bond acceptors (Lipinski definition) is 4. The van der Waals surface area contributed by atoms with Gasteiger partial charge < -0.3 is 0 Å². The van der Waals surface area contributed by atoms with Crippen LogP contribution >= 0.6 is 11.6 Å². The van der Waals surface area contributed by atoms with Gasteiger partial charge in [-0.3, -0.25) is 14.2 Å². The molecule has 0 saturated carbocycles. The van der Waals surface area contributed by atoms with E-state index in [0.717, 1.165) is 17.7 Å². The Bertz CT molecular complexity index is 982. The number of nitrogens with zero attached hydrogens (tertiary/aromatic N) is 5. The summed E-state index contributed by atoms with van der Waals surface area (Å²) >= 11 is 6.10. The highest BCUT2D eigenvalue weighted by Gasteiger charge is 2.14. The second-order valence-corrected chi connectivity index (χ2v) is 6.44. The van der Waals surface area contributed by atoms with Crippen LogP contribution in [0.5, 0.6) is 0 Å². The second kappa shape index (κ2) is 7.54. The number of ketones is 1. The number of halogens is 1. The predicted octanol–water partition coefficient (Wildman–Crippen LogP) is 4.13. The highest BCUT2D eigenvalue weighted by atomic mass is 35.5. The fraction of sp³-hybridized carbons (Fsp3) is 0.263. The van der Waals surface area contributed by atoms with Gasteiger partial charge in [0.25, 0.3) is 0 Å². The Labute approximate surface area is 156 Å². The fourth-order valence-electron chi connectivity index (χ4n) is 2.73. The minimum atomic E-state index is -0.0438. The van der Waals surface area contributed by atoms with Crippen LogP contribution in [0.15, 0.2) is 42.7 Å². The van der Waals surface area contributed by atoms with Crippen LogP contribution in [0.4, 0.5) is 0 Å². The van der Waals surface area contributed by atoms with E-state index in [2.05, 4.69) is 17.1 Å². The Morgan fingerprint density at radius 2 is 2.08 bits per heavy atom. The molecular formula is C19H18ClN5O. The molecule has 1 aromatic carbocycles. The van der Waals surface area contributed by atoms with Crippen LogP contribution < -0.4 is 0 Å². The van der Waals surface area contributed by atoms with E-state index in [1.807, 2.05) is 40.0 Å². The molecule has 26 heavy (non-hydrogen) atoms. The molecule has 0 fully saturated rings. The summed E-state index contributed by atoms with van der Waals surface area (Å²) in [5.41, 5.74) is 2.56. The number of carbonyl (C=O) groups is 1. The van der Waals surface area contributed by atoms with Gasteiger partial charge in [-0.15, -0.1) is 0 Å². The molecule has 2 heterocycles. The molecule has 0 bridgehead atoms. The number of carbonyl (C=O) groups excluding carboxylic acids is 1. The molecule has 0 aliphatic rings. The van der Waals surface area contributed by atoms with E-state index in [4.69, 9.17) is 16.9 Å². The molecule has 0 unspecified atom stereocenters. The lowest BCUT2D eigenvalue weighted by Gasteiger charge is -2.15. The van der Waals surface area contributed by atoms with Crippen LogP contribution in [-0.2, 0) is 6.54 Å². The first-order valence-electron chi connectivity index (χ1n) is 8.31. The molecule has 2 aromatic heterocycles. The van der Waals surface area contributed by atoms with Crippen molar-refractivity contribution in [2.75, 3.05) is 0 Å². The topological polar surface area (TPSA) is 76.5 Å². The van der Waals surface area contributed by atoms with Gasteiger partial charge in [0, 0.05) is 24.9 Å². The van der Waals surface area contributed by atoms with Crippen molar-refractivity contribution in [3.63, 3.8) is 0 Å². The van der Waals surface area contributed by atoms with Crippen molar-refractivity contribution in [2.45, 2.75) is 32.9 Å². The number of nitriles is 1. The van der Waals surface area contributed by atoms with Gasteiger partial charge in [0.05, 0.1) is 28.9 Å². The number of Topliss-reactive ketones (excluding diaryl/α,β-unsaturated/α-hetero) is 1. The predicted molar refractivity (Wildman–Crippen MR) is 98.9 cm³/mol. The first-order valence-corrected chi connectivity index (χ1v) is 8.69. The molecule has 0 aliphatic carbocycles. The average Bonchev–Trinajstić information content (AvgIpc) is 3.29. The van der Waals surface area contributed by atoms with Crippen molar-refractivity contribution in [1.82, 2.24) is 19.6 Å². The zero-order valence-corrected chi connectivity index (χ0v) is 15.3. The van der Waals surface area contributed by atoms with Gasteiger partial charge >= 0.3 is 0 Å². The highest BCUT2D eigenvalue weighted by Crippen LogP contribution is 2.24. The SMILES string of the molecule is CC[C@H](Cn1ccc(-c2ccc(C#N)c(Cl)c2)n1)n1ccc(C(C)=O)n1. The maximum atomic E-state index is 11.4. The lowest BCUT2D eigenvalue weighted by Crippen LogP contribution is -2.17. The molecule has 0 N–H and O–H groups in total. The Hall–Kier alpha value is -2.91. The number of rotatable bonds is 6. The van der Waals surface area contributed by atoms with Crippen LogP contribution in [-0.4, -0.2) is 25.3 Å². The third-order valence-electron chi connectivity index (χ3n) is 4.24. The molecule has 3 aromatic rings. The van der Waals surface area contributed by atoms with Crippen molar-refractivity contribution in [3.8, 4) is 17.3 Å². The molecule has 132 valence electrons. The molecule has 0 radical (unpaired) electrons. The second-order valence-electron chi connectivity index (χ2n) is 6.03. The Balaban J connectivity index is 1.79. The average molecular weight is 368 g/mol. The first-order chi connectivity index (χ1) is 12.5. The lowest BCUT2D eigenvalue weighted by atomic mass is 10.1. The summed E-state index contributed by atoms with van der Waals surface area (Å²) < 4.78 is 3.67. The van der Waals surface area contributed by atoms with E-state index >= 15 is 0 Å². The Kier molecular flexibility index (Phi) is 5.19. The highest BCUT2D eigenvalue weighted by molar-refractivity contribution is 6.32. The Morgan fingerprint density at radius 1 is 1.27 bits per heavy atom. The van der Waals surface area contributed by atoms with Crippen molar-refractivity contribution in [1.29, 1.82) is 5.26 Å². The van der Waals surface area contributed by atoms with Crippen LogP contribution in [0.2, 0.25) is 5.02 Å². The third kappa shape index (κ3) is 3.68. The molecular weight excluding hydrogens is 350 g/mol. The summed E-state index contributed by atoms with van der Waals surface area (Å²) in [6.07, 6.45) is 4.59. The molecule has 0 aliphatic heterocycles. The van der Waals surface area contributed by atoms with E-state index in [1.54, 1.807) is 18.2 Å². The normalized spacial score (nSPS) is 11.9. The summed E-state index contributed by atoms with van der Waals surface area (Å²) in [5.74, 6) is -0.0438. The van der Waals surface area contributed by atoms with E-state index < -0.39 is 0 Å². The molecule has 0 saturated heterocycles. The van der Waals surface area contributed by atoms with Crippen LogP contribution in [0.1, 0.15) is 42.4 Å². The maximum Gasteiger partial charge on any atom is 0.179 e. The standard InChI is InChI=1S/C19H18ClN5O/c1-3-16(25-9-7-18(23-25)13(2)26)12-24-8-6-19(22-24)14-4-5-15(11-21)17(20)10-14/h4-10,16H,3,12H2,1-2H3/t16-/m1/s1. The molecule has 3 rings (SSSR count). The summed E-state index contributed by atoms with van der Waals surface area (Å²) in [6.45, 7) is 4.22. The van der Waals surface area contributed by atoms with Crippen molar-refractivity contribution in [2.24, 2.45) is 0 Å². The number of aromatic nitrogens is 4. The molecule has 6 nitrogen and oxygen atoms in total. The minimum absolute atomic E-state index is 0.0438. The first kappa shape index (κ1) is 17.9. The van der Waals surface area contributed by atoms with Crippen molar-refractivity contribution < 1.29 is 4.79 Å². The summed E-state index contributed by atoms with van der Waals surface area (Å²) in [6, 6.07) is 11.1. The minimum Gasteiger partial charge on any atom is -0.293 e. The van der Waals surface area contributed by atoms with Gasteiger partial charge in [0.1, 0.15) is 11.8 Å². The van der Waals surface area contributed by atoms with Gasteiger partial charge in [-0.25, -0.2) is 0 Å². The van der Waals surface area contributed by atoms with Crippen LogP contribution in [0.25, 0.3) is 11.3 Å². The largest absolute Gasteiger partial charge is 0.293 e. The van der Waals surface area contributed by atoms with Crippen LogP contribution in [0, 0.1) is 11.3 Å². The number of benzene rings is 1.